The second-order valence-electron chi connectivity index (χ2n) is 9.82. The Morgan fingerprint density at radius 1 is 0.675 bits per heavy atom. The van der Waals surface area contributed by atoms with E-state index in [0.29, 0.717) is 39.1 Å². The Labute approximate surface area is 232 Å². The van der Waals surface area contributed by atoms with Crippen LogP contribution in [-0.4, -0.2) is 17.9 Å². The number of carbonyl (C=O) groups is 3. The molecule has 7 heteroatoms. The van der Waals surface area contributed by atoms with Gasteiger partial charge in [-0.25, -0.2) is 18.8 Å². The van der Waals surface area contributed by atoms with Crippen LogP contribution in [0.3, 0.4) is 0 Å². The SMILES string of the molecule is C=C(C)C(=O)Oc1ccc(-c2ccc(-c3ccc4c(c3)C(OC(=O)C(=C)C)CC4OC(=O)C(=C)C)cc2F)cc1. The number of hydrogen-bond donors (Lipinski definition) is 0. The first-order valence-corrected chi connectivity index (χ1v) is 12.6. The predicted molar refractivity (Wildman–Crippen MR) is 150 cm³/mol. The summed E-state index contributed by atoms with van der Waals surface area (Å²) < 4.78 is 31.7. The molecule has 3 aromatic carbocycles. The van der Waals surface area contributed by atoms with Crippen molar-refractivity contribution in [2.75, 3.05) is 0 Å². The maximum atomic E-state index is 15.3. The number of carbonyl (C=O) groups excluding carboxylic acids is 3. The van der Waals surface area contributed by atoms with E-state index in [4.69, 9.17) is 14.2 Å². The summed E-state index contributed by atoms with van der Waals surface area (Å²) in [5, 5.41) is 0. The van der Waals surface area contributed by atoms with Crippen molar-refractivity contribution >= 4 is 17.9 Å². The van der Waals surface area contributed by atoms with Crippen molar-refractivity contribution in [1.29, 1.82) is 0 Å². The van der Waals surface area contributed by atoms with Crippen LogP contribution in [0.1, 0.15) is 50.5 Å². The Balaban J connectivity index is 1.62. The van der Waals surface area contributed by atoms with Crippen molar-refractivity contribution in [3.63, 3.8) is 0 Å². The largest absolute Gasteiger partial charge is 0.454 e. The summed E-state index contributed by atoms with van der Waals surface area (Å²) >= 11 is 0. The quantitative estimate of drug-likeness (QED) is 0.169. The second kappa shape index (κ2) is 11.5. The molecule has 6 nitrogen and oxygen atoms in total. The Hall–Kier alpha value is -4.78. The molecule has 0 N–H and O–H groups in total. The van der Waals surface area contributed by atoms with Crippen molar-refractivity contribution in [1.82, 2.24) is 0 Å². The third-order valence-electron chi connectivity index (χ3n) is 6.43. The third-order valence-corrected chi connectivity index (χ3v) is 6.43. The lowest BCUT2D eigenvalue weighted by atomic mass is 9.97. The number of esters is 3. The number of hydrogen-bond acceptors (Lipinski definition) is 6. The summed E-state index contributed by atoms with van der Waals surface area (Å²) in [6.07, 6.45) is -1.03. The molecule has 3 aromatic rings. The molecule has 40 heavy (non-hydrogen) atoms. The molecule has 2 atom stereocenters. The first-order valence-electron chi connectivity index (χ1n) is 12.6. The average molecular weight is 541 g/mol. The molecular formula is C33H29FO6. The van der Waals surface area contributed by atoms with E-state index in [2.05, 4.69) is 19.7 Å². The van der Waals surface area contributed by atoms with Gasteiger partial charge in [0.25, 0.3) is 0 Å². The lowest BCUT2D eigenvalue weighted by Gasteiger charge is -2.14. The van der Waals surface area contributed by atoms with E-state index in [1.165, 1.54) is 6.07 Å². The fourth-order valence-electron chi connectivity index (χ4n) is 4.28. The summed E-state index contributed by atoms with van der Waals surface area (Å²) in [6.45, 7) is 15.5. The molecule has 2 unspecified atom stereocenters. The molecule has 0 fully saturated rings. The zero-order valence-electron chi connectivity index (χ0n) is 22.6. The van der Waals surface area contributed by atoms with E-state index in [-0.39, 0.29) is 23.1 Å². The third kappa shape index (κ3) is 6.10. The van der Waals surface area contributed by atoms with Gasteiger partial charge in [0.1, 0.15) is 23.8 Å². The van der Waals surface area contributed by atoms with Crippen LogP contribution in [0.4, 0.5) is 4.39 Å². The molecule has 0 aliphatic heterocycles. The molecule has 1 aliphatic rings. The van der Waals surface area contributed by atoms with Crippen molar-refractivity contribution in [3.8, 4) is 28.0 Å². The Morgan fingerprint density at radius 2 is 1.18 bits per heavy atom. The molecule has 0 heterocycles. The average Bonchev–Trinajstić information content (AvgIpc) is 3.24. The lowest BCUT2D eigenvalue weighted by Crippen LogP contribution is -2.12. The molecular weight excluding hydrogens is 511 g/mol. The maximum absolute atomic E-state index is 15.3. The van der Waals surface area contributed by atoms with Crippen molar-refractivity contribution in [3.05, 3.63) is 114 Å². The minimum atomic E-state index is -0.663. The van der Waals surface area contributed by atoms with Crippen molar-refractivity contribution < 1.29 is 33.0 Å². The van der Waals surface area contributed by atoms with Crippen LogP contribution in [-0.2, 0) is 23.9 Å². The smallest absolute Gasteiger partial charge is 0.338 e. The minimum absolute atomic E-state index is 0.250. The maximum Gasteiger partial charge on any atom is 0.338 e. The highest BCUT2D eigenvalue weighted by molar-refractivity contribution is 5.89. The Morgan fingerprint density at radius 3 is 1.73 bits per heavy atom. The van der Waals surface area contributed by atoms with E-state index in [1.807, 2.05) is 12.1 Å². The number of fused-ring (bicyclic) bond motifs is 1. The van der Waals surface area contributed by atoms with Gasteiger partial charge in [-0.15, -0.1) is 0 Å². The highest BCUT2D eigenvalue weighted by atomic mass is 19.1. The molecule has 0 bridgehead atoms. The molecule has 0 amide bonds. The van der Waals surface area contributed by atoms with Crippen LogP contribution in [0.5, 0.6) is 5.75 Å². The zero-order valence-corrected chi connectivity index (χ0v) is 22.6. The van der Waals surface area contributed by atoms with E-state index in [1.54, 1.807) is 63.2 Å². The standard InChI is InChI=1S/C33H29FO6/c1-18(2)31(35)38-24-11-7-21(8-12-24)25-13-9-23(16-28(25)34)22-10-14-26-27(15-22)30(40-33(37)20(5)6)17-29(26)39-32(36)19(3)4/h7-16,29-30H,1,3,5,17H2,2,4,6H3. The van der Waals surface area contributed by atoms with Gasteiger partial charge in [-0.3, -0.25) is 0 Å². The van der Waals surface area contributed by atoms with E-state index in [9.17, 15) is 14.4 Å². The van der Waals surface area contributed by atoms with Gasteiger partial charge >= 0.3 is 17.9 Å². The van der Waals surface area contributed by atoms with E-state index in [0.717, 1.165) is 0 Å². The summed E-state index contributed by atoms with van der Waals surface area (Å²) in [5.41, 5.74) is 4.49. The van der Waals surface area contributed by atoms with Crippen LogP contribution in [0, 0.1) is 5.82 Å². The van der Waals surface area contributed by atoms with Crippen LogP contribution in [0.25, 0.3) is 22.3 Å². The Kier molecular flexibility index (Phi) is 8.14. The molecule has 0 radical (unpaired) electrons. The highest BCUT2D eigenvalue weighted by Crippen LogP contribution is 2.45. The van der Waals surface area contributed by atoms with Crippen molar-refractivity contribution in [2.24, 2.45) is 0 Å². The minimum Gasteiger partial charge on any atom is -0.454 e. The van der Waals surface area contributed by atoms with E-state index >= 15 is 4.39 Å². The molecule has 0 saturated heterocycles. The topological polar surface area (TPSA) is 78.9 Å². The van der Waals surface area contributed by atoms with Gasteiger partial charge in [-0.1, -0.05) is 56.1 Å². The van der Waals surface area contributed by atoms with Crippen molar-refractivity contribution in [2.45, 2.75) is 39.4 Å². The van der Waals surface area contributed by atoms with Crippen LogP contribution in [0.15, 0.2) is 97.1 Å². The molecule has 4 rings (SSSR count). The van der Waals surface area contributed by atoms with Gasteiger partial charge in [0.05, 0.1) is 0 Å². The fraction of sp³-hybridized carbons (Fsp3) is 0.182. The first kappa shape index (κ1) is 28.2. The van der Waals surface area contributed by atoms with Gasteiger partial charge in [0.2, 0.25) is 0 Å². The molecule has 0 spiro atoms. The van der Waals surface area contributed by atoms with Gasteiger partial charge in [-0.2, -0.15) is 0 Å². The number of rotatable bonds is 8. The molecule has 0 aromatic heterocycles. The van der Waals surface area contributed by atoms with Gasteiger partial charge in [0, 0.05) is 34.3 Å². The van der Waals surface area contributed by atoms with Gasteiger partial charge < -0.3 is 14.2 Å². The van der Waals surface area contributed by atoms with Gasteiger partial charge in [0.15, 0.2) is 0 Å². The second-order valence-corrected chi connectivity index (χ2v) is 9.82. The summed E-state index contributed by atoms with van der Waals surface area (Å²) in [7, 11) is 0. The Bertz CT molecular complexity index is 1550. The van der Waals surface area contributed by atoms with Crippen LogP contribution >= 0.6 is 0 Å². The first-order chi connectivity index (χ1) is 18.9. The number of halogens is 1. The zero-order chi connectivity index (χ0) is 29.1. The highest BCUT2D eigenvalue weighted by Gasteiger charge is 2.36. The number of ether oxygens (including phenoxy) is 3. The summed E-state index contributed by atoms with van der Waals surface area (Å²) in [4.78, 5) is 36.2. The summed E-state index contributed by atoms with van der Waals surface area (Å²) in [6, 6.07) is 16.8. The number of benzene rings is 3. The van der Waals surface area contributed by atoms with Gasteiger partial charge in [-0.05, 0) is 67.3 Å². The van der Waals surface area contributed by atoms with E-state index < -0.39 is 35.9 Å². The monoisotopic (exact) mass is 540 g/mol. The molecule has 1 aliphatic carbocycles. The van der Waals surface area contributed by atoms with Crippen LogP contribution < -0.4 is 4.74 Å². The molecule has 0 saturated carbocycles. The predicted octanol–water partition coefficient (Wildman–Crippen LogP) is 7.37. The van der Waals surface area contributed by atoms with Crippen LogP contribution in [0.2, 0.25) is 0 Å². The molecule has 204 valence electrons. The normalized spacial score (nSPS) is 15.5. The summed E-state index contributed by atoms with van der Waals surface area (Å²) in [5.74, 6) is -1.73. The fourth-order valence-corrected chi connectivity index (χ4v) is 4.28. The lowest BCUT2D eigenvalue weighted by molar-refractivity contribution is -0.149.